The first-order valence-electron chi connectivity index (χ1n) is 8.43. The van der Waals surface area contributed by atoms with Crippen LogP contribution in [0.15, 0.2) is 54.1 Å². The number of rotatable bonds is 5. The second-order valence-corrected chi connectivity index (χ2v) is 6.54. The van der Waals surface area contributed by atoms with Gasteiger partial charge in [-0.25, -0.2) is 14.5 Å². The van der Waals surface area contributed by atoms with Crippen LogP contribution in [0.25, 0.3) is 6.08 Å². The van der Waals surface area contributed by atoms with Crippen LogP contribution in [0, 0.1) is 0 Å². The summed E-state index contributed by atoms with van der Waals surface area (Å²) in [4.78, 5) is 48.8. The van der Waals surface area contributed by atoms with Crippen LogP contribution >= 0.6 is 11.6 Å². The van der Waals surface area contributed by atoms with Crippen molar-refractivity contribution in [2.45, 2.75) is 13.0 Å². The number of carbonyl (C=O) groups is 4. The number of nitrogens with zero attached hydrogens (tertiary/aromatic N) is 1. The maximum absolute atomic E-state index is 12.8. The van der Waals surface area contributed by atoms with Crippen molar-refractivity contribution in [2.24, 2.45) is 0 Å². The predicted molar refractivity (Wildman–Crippen MR) is 105 cm³/mol. The Morgan fingerprint density at radius 2 is 1.86 bits per heavy atom. The van der Waals surface area contributed by atoms with E-state index in [-0.39, 0.29) is 11.3 Å². The van der Waals surface area contributed by atoms with Gasteiger partial charge in [0, 0.05) is 5.02 Å². The summed E-state index contributed by atoms with van der Waals surface area (Å²) in [7, 11) is 0. The van der Waals surface area contributed by atoms with Crippen molar-refractivity contribution in [1.29, 1.82) is 0 Å². The molecule has 1 atom stereocenters. The van der Waals surface area contributed by atoms with Crippen molar-refractivity contribution in [3.8, 4) is 5.75 Å². The molecule has 1 fully saturated rings. The normalized spacial score (nSPS) is 16.6. The average Bonchev–Trinajstić information content (AvgIpc) is 2.66. The summed E-state index contributed by atoms with van der Waals surface area (Å²) in [5.41, 5.74) is 0.473. The Bertz CT molecular complexity index is 1030. The van der Waals surface area contributed by atoms with E-state index in [9.17, 15) is 19.2 Å². The minimum atomic E-state index is -1.11. The zero-order chi connectivity index (χ0) is 21.1. The lowest BCUT2D eigenvalue weighted by atomic mass is 10.1. The smallest absolute Gasteiger partial charge is 0.344 e. The number of amides is 4. The Labute approximate surface area is 170 Å². The van der Waals surface area contributed by atoms with Gasteiger partial charge in [-0.3, -0.25) is 14.9 Å². The van der Waals surface area contributed by atoms with E-state index in [1.807, 2.05) is 0 Å². The van der Waals surface area contributed by atoms with Gasteiger partial charge in [0.25, 0.3) is 11.8 Å². The molecule has 0 bridgehead atoms. The molecule has 2 aromatic rings. The summed E-state index contributed by atoms with van der Waals surface area (Å²) in [6.07, 6.45) is 0.300. The number of carboxylic acids is 1. The number of imide groups is 2. The summed E-state index contributed by atoms with van der Waals surface area (Å²) in [6, 6.07) is 11.4. The van der Waals surface area contributed by atoms with Crippen molar-refractivity contribution in [3.05, 3.63) is 64.7 Å². The highest BCUT2D eigenvalue weighted by Crippen LogP contribution is 2.25. The van der Waals surface area contributed by atoms with Crippen LogP contribution < -0.4 is 15.0 Å². The molecule has 0 aliphatic carbocycles. The van der Waals surface area contributed by atoms with Gasteiger partial charge >= 0.3 is 12.0 Å². The summed E-state index contributed by atoms with van der Waals surface area (Å²) < 4.78 is 5.23. The monoisotopic (exact) mass is 414 g/mol. The van der Waals surface area contributed by atoms with Gasteiger partial charge in [-0.1, -0.05) is 29.8 Å². The molecule has 0 saturated carbocycles. The highest BCUT2D eigenvalue weighted by molar-refractivity contribution is 6.39. The predicted octanol–water partition coefficient (Wildman–Crippen LogP) is 2.86. The minimum absolute atomic E-state index is 0.227. The number of halogens is 1. The zero-order valence-electron chi connectivity index (χ0n) is 15.1. The molecule has 1 unspecified atom stereocenters. The molecule has 3 rings (SSSR count). The summed E-state index contributed by atoms with van der Waals surface area (Å²) >= 11 is 5.92. The van der Waals surface area contributed by atoms with E-state index in [0.29, 0.717) is 16.3 Å². The topological polar surface area (TPSA) is 113 Å². The second-order valence-electron chi connectivity index (χ2n) is 6.11. The Morgan fingerprint density at radius 3 is 2.48 bits per heavy atom. The average molecular weight is 415 g/mol. The molecular formula is C20H15ClN2O6. The van der Waals surface area contributed by atoms with Crippen LogP contribution in [0.5, 0.6) is 5.75 Å². The van der Waals surface area contributed by atoms with Gasteiger partial charge in [-0.15, -0.1) is 0 Å². The number of carbonyl (C=O) groups excluding carboxylic acids is 3. The molecule has 2 aromatic carbocycles. The van der Waals surface area contributed by atoms with Crippen LogP contribution in [-0.4, -0.2) is 35.0 Å². The number of anilines is 1. The number of benzene rings is 2. The molecule has 29 heavy (non-hydrogen) atoms. The number of urea groups is 1. The highest BCUT2D eigenvalue weighted by atomic mass is 35.5. The number of nitrogens with one attached hydrogen (secondary N) is 1. The second kappa shape index (κ2) is 8.15. The first-order valence-corrected chi connectivity index (χ1v) is 8.80. The Hall–Kier alpha value is -3.65. The maximum Gasteiger partial charge on any atom is 0.344 e. The molecule has 148 valence electrons. The maximum atomic E-state index is 12.8. The van der Waals surface area contributed by atoms with Gasteiger partial charge in [0.2, 0.25) is 0 Å². The van der Waals surface area contributed by atoms with Gasteiger partial charge in [0.05, 0.1) is 5.69 Å². The number of hydrogen-bond acceptors (Lipinski definition) is 5. The van der Waals surface area contributed by atoms with Crippen LogP contribution in [0.4, 0.5) is 10.5 Å². The third kappa shape index (κ3) is 4.44. The van der Waals surface area contributed by atoms with Crippen LogP contribution in [0.1, 0.15) is 12.5 Å². The van der Waals surface area contributed by atoms with E-state index in [1.165, 1.54) is 37.3 Å². The highest BCUT2D eigenvalue weighted by Gasteiger charge is 2.36. The standard InChI is InChI=1S/C20H15ClN2O6/c1-11(19(26)27)29-15-7-5-12(6-8-15)9-16-17(24)22-20(28)23(18(16)25)14-4-2-3-13(21)10-14/h2-11H,1H3,(H,26,27)(H,22,24,28)/b16-9+. The zero-order valence-corrected chi connectivity index (χ0v) is 15.8. The lowest BCUT2D eigenvalue weighted by Crippen LogP contribution is -2.54. The van der Waals surface area contributed by atoms with E-state index < -0.39 is 29.9 Å². The van der Waals surface area contributed by atoms with E-state index in [2.05, 4.69) is 5.32 Å². The summed E-state index contributed by atoms with van der Waals surface area (Å²) in [5, 5.41) is 11.3. The fourth-order valence-electron chi connectivity index (χ4n) is 2.57. The Kier molecular flexibility index (Phi) is 5.65. The van der Waals surface area contributed by atoms with Crippen molar-refractivity contribution in [3.63, 3.8) is 0 Å². The number of carboxylic acid groups (broad SMARTS) is 1. The van der Waals surface area contributed by atoms with Crippen molar-refractivity contribution in [2.75, 3.05) is 4.90 Å². The molecule has 0 aromatic heterocycles. The van der Waals surface area contributed by atoms with Crippen LogP contribution in [0.2, 0.25) is 5.02 Å². The molecule has 9 heteroatoms. The number of ether oxygens (including phenoxy) is 1. The molecular weight excluding hydrogens is 400 g/mol. The molecule has 8 nitrogen and oxygen atoms in total. The SMILES string of the molecule is CC(Oc1ccc(/C=C2\C(=O)NC(=O)N(c3cccc(Cl)c3)C2=O)cc1)C(=O)O. The lowest BCUT2D eigenvalue weighted by molar-refractivity contribution is -0.144. The molecule has 0 radical (unpaired) electrons. The minimum Gasteiger partial charge on any atom is -0.479 e. The van der Waals surface area contributed by atoms with Crippen molar-refractivity contribution < 1.29 is 29.0 Å². The fourth-order valence-corrected chi connectivity index (χ4v) is 2.76. The van der Waals surface area contributed by atoms with Crippen LogP contribution in [0.3, 0.4) is 0 Å². The van der Waals surface area contributed by atoms with E-state index in [1.54, 1.807) is 24.3 Å². The largest absolute Gasteiger partial charge is 0.479 e. The van der Waals surface area contributed by atoms with E-state index >= 15 is 0 Å². The summed E-state index contributed by atoms with van der Waals surface area (Å²) in [6.45, 7) is 1.39. The van der Waals surface area contributed by atoms with E-state index in [4.69, 9.17) is 21.4 Å². The first-order chi connectivity index (χ1) is 13.8. The molecule has 2 N–H and O–H groups in total. The number of aliphatic carboxylic acids is 1. The van der Waals surface area contributed by atoms with Gasteiger partial charge in [0.1, 0.15) is 11.3 Å². The number of hydrogen-bond donors (Lipinski definition) is 2. The third-order valence-corrected chi connectivity index (χ3v) is 4.25. The first kappa shape index (κ1) is 20.1. The summed E-state index contributed by atoms with van der Waals surface area (Å²) in [5.74, 6) is -2.40. The van der Waals surface area contributed by atoms with Crippen LogP contribution in [-0.2, 0) is 14.4 Å². The molecule has 1 saturated heterocycles. The number of barbiturate groups is 1. The third-order valence-electron chi connectivity index (χ3n) is 4.02. The van der Waals surface area contributed by atoms with E-state index in [0.717, 1.165) is 4.90 Å². The quantitative estimate of drug-likeness (QED) is 0.574. The van der Waals surface area contributed by atoms with Gasteiger partial charge in [-0.2, -0.15) is 0 Å². The Morgan fingerprint density at radius 1 is 1.17 bits per heavy atom. The molecule has 1 heterocycles. The lowest BCUT2D eigenvalue weighted by Gasteiger charge is -2.26. The van der Waals surface area contributed by atoms with Crippen molar-refractivity contribution >= 4 is 47.2 Å². The molecule has 1 aliphatic heterocycles. The van der Waals surface area contributed by atoms with Gasteiger partial charge in [0.15, 0.2) is 6.10 Å². The van der Waals surface area contributed by atoms with Gasteiger partial charge < -0.3 is 9.84 Å². The molecule has 1 aliphatic rings. The fraction of sp³-hybridized carbons (Fsp3) is 0.100. The molecule has 0 spiro atoms. The van der Waals surface area contributed by atoms with Crippen molar-refractivity contribution in [1.82, 2.24) is 5.32 Å². The van der Waals surface area contributed by atoms with Gasteiger partial charge in [-0.05, 0) is 48.9 Å². The Balaban J connectivity index is 1.87. The molecule has 4 amide bonds.